The van der Waals surface area contributed by atoms with Gasteiger partial charge >= 0.3 is 0 Å². The molecule has 2 aromatic rings. The molecule has 3 heteroatoms. The Morgan fingerprint density at radius 3 is 3.06 bits per heavy atom. The third-order valence-electron chi connectivity index (χ3n) is 2.65. The molecule has 0 aliphatic rings. The normalized spacial score (nSPS) is 12.8. The maximum atomic E-state index is 5.72. The van der Waals surface area contributed by atoms with Crippen LogP contribution >= 0.6 is 11.8 Å². The molecule has 2 N–H and O–H groups in total. The lowest BCUT2D eigenvalue weighted by atomic mass is 10.1. The van der Waals surface area contributed by atoms with Crippen LogP contribution in [0.1, 0.15) is 18.9 Å². The number of hydrogen-bond acceptors (Lipinski definition) is 3. The third-order valence-corrected chi connectivity index (χ3v) is 3.72. The Balaban J connectivity index is 1.95. The Bertz CT molecular complexity index is 482. The minimum Gasteiger partial charge on any atom is -0.328 e. The quantitative estimate of drug-likeness (QED) is 0.823. The molecule has 0 aliphatic carbocycles. The van der Waals surface area contributed by atoms with Crippen LogP contribution in [-0.2, 0) is 5.75 Å². The molecule has 2 rings (SSSR count). The number of pyridine rings is 1. The van der Waals surface area contributed by atoms with Gasteiger partial charge in [-0.15, -0.1) is 0 Å². The molecule has 0 saturated carbocycles. The molecule has 0 saturated heterocycles. The fraction of sp³-hybridized carbons (Fsp3) is 0.357. The average molecular weight is 246 g/mol. The number of hydrogen-bond donors (Lipinski definition) is 1. The molecule has 1 heterocycles. The molecule has 90 valence electrons. The summed E-state index contributed by atoms with van der Waals surface area (Å²) in [6.07, 6.45) is 2.92. The summed E-state index contributed by atoms with van der Waals surface area (Å²) in [5, 5.41) is 1.22. The van der Waals surface area contributed by atoms with Crippen LogP contribution in [0.3, 0.4) is 0 Å². The highest BCUT2D eigenvalue weighted by Gasteiger charge is 1.99. The summed E-state index contributed by atoms with van der Waals surface area (Å²) >= 11 is 1.94. The smallest absolute Gasteiger partial charge is 0.0702 e. The van der Waals surface area contributed by atoms with Crippen molar-refractivity contribution >= 4 is 22.7 Å². The number of rotatable bonds is 5. The standard InChI is InChI=1S/C14H18N2S/c1-11(15)6-8-17-10-12-4-5-14-13(9-12)3-2-7-16-14/h2-5,7,9,11H,6,8,10,15H2,1H3. The van der Waals surface area contributed by atoms with Crippen molar-refractivity contribution in [3.05, 3.63) is 42.1 Å². The van der Waals surface area contributed by atoms with Gasteiger partial charge in [-0.1, -0.05) is 12.1 Å². The van der Waals surface area contributed by atoms with Crippen molar-refractivity contribution in [2.45, 2.75) is 25.1 Å². The molecule has 1 atom stereocenters. The average Bonchev–Trinajstić information content (AvgIpc) is 2.34. The maximum Gasteiger partial charge on any atom is 0.0702 e. The highest BCUT2D eigenvalue weighted by molar-refractivity contribution is 7.98. The van der Waals surface area contributed by atoms with E-state index in [1.165, 1.54) is 10.9 Å². The summed E-state index contributed by atoms with van der Waals surface area (Å²) in [5.74, 6) is 2.18. The van der Waals surface area contributed by atoms with Gasteiger partial charge in [-0.05, 0) is 42.9 Å². The van der Waals surface area contributed by atoms with Crippen LogP contribution in [0.2, 0.25) is 0 Å². The number of nitrogens with zero attached hydrogens (tertiary/aromatic N) is 1. The minimum absolute atomic E-state index is 0.309. The molecule has 2 nitrogen and oxygen atoms in total. The second-order valence-corrected chi connectivity index (χ2v) is 5.45. The first-order valence-electron chi connectivity index (χ1n) is 5.93. The minimum atomic E-state index is 0.309. The van der Waals surface area contributed by atoms with Crippen LogP contribution in [0.5, 0.6) is 0 Å². The molecule has 0 radical (unpaired) electrons. The van der Waals surface area contributed by atoms with E-state index < -0.39 is 0 Å². The number of benzene rings is 1. The molecular weight excluding hydrogens is 228 g/mol. The number of nitrogens with two attached hydrogens (primary N) is 1. The fourth-order valence-electron chi connectivity index (χ4n) is 1.67. The molecule has 0 amide bonds. The first-order valence-corrected chi connectivity index (χ1v) is 7.08. The van der Waals surface area contributed by atoms with E-state index in [9.17, 15) is 0 Å². The highest BCUT2D eigenvalue weighted by Crippen LogP contribution is 2.18. The van der Waals surface area contributed by atoms with E-state index in [0.29, 0.717) is 6.04 Å². The molecule has 1 aromatic heterocycles. The Labute approximate surface area is 107 Å². The van der Waals surface area contributed by atoms with Crippen LogP contribution in [0.15, 0.2) is 36.5 Å². The van der Waals surface area contributed by atoms with Crippen molar-refractivity contribution in [1.82, 2.24) is 4.98 Å². The summed E-state index contributed by atoms with van der Waals surface area (Å²) in [7, 11) is 0. The molecule has 17 heavy (non-hydrogen) atoms. The number of fused-ring (bicyclic) bond motifs is 1. The number of thioether (sulfide) groups is 1. The van der Waals surface area contributed by atoms with Crippen molar-refractivity contribution < 1.29 is 0 Å². The Morgan fingerprint density at radius 1 is 1.35 bits per heavy atom. The Kier molecular flexibility index (Phi) is 4.40. The van der Waals surface area contributed by atoms with Gasteiger partial charge < -0.3 is 5.73 Å². The highest BCUT2D eigenvalue weighted by atomic mass is 32.2. The van der Waals surface area contributed by atoms with Crippen LogP contribution in [0.4, 0.5) is 0 Å². The van der Waals surface area contributed by atoms with Crippen LogP contribution in [0.25, 0.3) is 10.9 Å². The topological polar surface area (TPSA) is 38.9 Å². The van der Waals surface area contributed by atoms with Crippen LogP contribution < -0.4 is 5.73 Å². The molecule has 0 spiro atoms. The predicted octanol–water partition coefficient (Wildman–Crippen LogP) is 3.21. The molecule has 1 aromatic carbocycles. The van der Waals surface area contributed by atoms with Gasteiger partial charge in [0.05, 0.1) is 5.52 Å². The van der Waals surface area contributed by atoms with Gasteiger partial charge in [-0.2, -0.15) is 11.8 Å². The van der Waals surface area contributed by atoms with Crippen LogP contribution in [0, 0.1) is 0 Å². The molecule has 1 unspecified atom stereocenters. The van der Waals surface area contributed by atoms with Crippen molar-refractivity contribution in [2.24, 2.45) is 5.73 Å². The van der Waals surface area contributed by atoms with E-state index in [4.69, 9.17) is 5.73 Å². The lowest BCUT2D eigenvalue weighted by Crippen LogP contribution is -2.15. The zero-order valence-corrected chi connectivity index (χ0v) is 10.9. The van der Waals surface area contributed by atoms with Crippen molar-refractivity contribution in [3.63, 3.8) is 0 Å². The maximum absolute atomic E-state index is 5.72. The molecule has 0 bridgehead atoms. The summed E-state index contributed by atoms with van der Waals surface area (Å²) < 4.78 is 0. The summed E-state index contributed by atoms with van der Waals surface area (Å²) in [6.45, 7) is 2.06. The van der Waals surface area contributed by atoms with Gasteiger partial charge in [0.2, 0.25) is 0 Å². The number of aromatic nitrogens is 1. The first kappa shape index (κ1) is 12.4. The van der Waals surface area contributed by atoms with Gasteiger partial charge in [-0.25, -0.2) is 0 Å². The summed E-state index contributed by atoms with van der Waals surface area (Å²) in [6, 6.07) is 10.9. The van der Waals surface area contributed by atoms with E-state index in [1.807, 2.05) is 24.0 Å². The van der Waals surface area contributed by atoms with Gasteiger partial charge in [0.15, 0.2) is 0 Å². The summed E-state index contributed by atoms with van der Waals surface area (Å²) in [4.78, 5) is 4.32. The largest absolute Gasteiger partial charge is 0.328 e. The second-order valence-electron chi connectivity index (χ2n) is 4.35. The Hall–Kier alpha value is -1.06. The molecular formula is C14H18N2S. The third kappa shape index (κ3) is 3.72. The van der Waals surface area contributed by atoms with E-state index in [0.717, 1.165) is 23.4 Å². The Morgan fingerprint density at radius 2 is 2.24 bits per heavy atom. The van der Waals surface area contributed by atoms with Crippen molar-refractivity contribution in [2.75, 3.05) is 5.75 Å². The van der Waals surface area contributed by atoms with Crippen LogP contribution in [-0.4, -0.2) is 16.8 Å². The van der Waals surface area contributed by atoms with E-state index in [2.05, 4.69) is 36.2 Å². The zero-order valence-electron chi connectivity index (χ0n) is 10.1. The molecule has 0 fully saturated rings. The first-order chi connectivity index (χ1) is 8.25. The molecule has 0 aliphatic heterocycles. The van der Waals surface area contributed by atoms with Gasteiger partial charge in [0, 0.05) is 23.4 Å². The lowest BCUT2D eigenvalue weighted by Gasteiger charge is -2.05. The van der Waals surface area contributed by atoms with E-state index in [-0.39, 0.29) is 0 Å². The zero-order chi connectivity index (χ0) is 12.1. The lowest BCUT2D eigenvalue weighted by molar-refractivity contribution is 0.721. The SMILES string of the molecule is CC(N)CCSCc1ccc2ncccc2c1. The fourth-order valence-corrected chi connectivity index (χ4v) is 2.77. The predicted molar refractivity (Wildman–Crippen MR) is 76.2 cm³/mol. The van der Waals surface area contributed by atoms with Gasteiger partial charge in [0.25, 0.3) is 0 Å². The monoisotopic (exact) mass is 246 g/mol. The van der Waals surface area contributed by atoms with E-state index >= 15 is 0 Å². The van der Waals surface area contributed by atoms with E-state index in [1.54, 1.807) is 0 Å². The summed E-state index contributed by atoms with van der Waals surface area (Å²) in [5.41, 5.74) is 8.15. The second kappa shape index (κ2) is 6.03. The van der Waals surface area contributed by atoms with Gasteiger partial charge in [-0.3, -0.25) is 4.98 Å². The van der Waals surface area contributed by atoms with Crippen molar-refractivity contribution in [1.29, 1.82) is 0 Å². The van der Waals surface area contributed by atoms with Gasteiger partial charge in [0.1, 0.15) is 0 Å². The van der Waals surface area contributed by atoms with Crippen molar-refractivity contribution in [3.8, 4) is 0 Å².